The maximum atomic E-state index is 14.0. The monoisotopic (exact) mass is 338 g/mol. The third-order valence-electron chi connectivity index (χ3n) is 5.44. The van der Waals surface area contributed by atoms with Crippen molar-refractivity contribution in [2.24, 2.45) is 5.92 Å². The lowest BCUT2D eigenvalue weighted by Gasteiger charge is -2.45. The predicted molar refractivity (Wildman–Crippen MR) is 90.4 cm³/mol. The lowest BCUT2D eigenvalue weighted by atomic mass is 9.91. The number of β-amino-alcohol motifs (C(OH)–C–C–N with tert-alkyl or cyclic N) is 1. The first-order valence-electron chi connectivity index (χ1n) is 8.75. The van der Waals surface area contributed by atoms with E-state index in [1.54, 1.807) is 6.07 Å². The molecule has 1 unspecified atom stereocenters. The van der Waals surface area contributed by atoms with Crippen molar-refractivity contribution in [2.75, 3.05) is 31.1 Å². The van der Waals surface area contributed by atoms with Crippen LogP contribution in [0.25, 0.3) is 0 Å². The largest absolute Gasteiger partial charge is 0.389 e. The minimum atomic E-state index is -1.09. The van der Waals surface area contributed by atoms with Crippen molar-refractivity contribution in [2.45, 2.75) is 44.1 Å². The average Bonchev–Trinajstić information content (AvgIpc) is 2.58. The van der Waals surface area contributed by atoms with Gasteiger partial charge in [-0.25, -0.2) is 4.39 Å². The molecule has 5 atom stereocenters. The Morgan fingerprint density at radius 3 is 2.62 bits per heavy atom. The topological polar surface area (TPSA) is 67.2 Å². The predicted octanol–water partition coefficient (Wildman–Crippen LogP) is 0.829. The van der Waals surface area contributed by atoms with Gasteiger partial charge in [-0.2, -0.15) is 0 Å². The lowest BCUT2D eigenvalue weighted by molar-refractivity contribution is -0.135. The van der Waals surface area contributed by atoms with Crippen molar-refractivity contribution in [1.82, 2.24) is 4.90 Å². The molecule has 2 aliphatic rings. The summed E-state index contributed by atoms with van der Waals surface area (Å²) >= 11 is 0. The Kier molecular flexibility index (Phi) is 5.39. The molecule has 5 nitrogen and oxygen atoms in total. The Balaban J connectivity index is 1.64. The van der Waals surface area contributed by atoms with Gasteiger partial charge in [0.2, 0.25) is 0 Å². The molecular formula is C18H27FN2O3. The molecule has 24 heavy (non-hydrogen) atoms. The number of hydrogen-bond donors (Lipinski definition) is 3. The van der Waals surface area contributed by atoms with Crippen LogP contribution in [0.15, 0.2) is 24.3 Å². The van der Waals surface area contributed by atoms with Crippen LogP contribution in [-0.4, -0.2) is 70.8 Å². The average molecular weight is 338 g/mol. The second kappa shape index (κ2) is 7.35. The van der Waals surface area contributed by atoms with E-state index in [0.29, 0.717) is 18.2 Å². The number of hydrogen-bond acceptors (Lipinski definition) is 5. The quantitative estimate of drug-likeness (QED) is 0.762. The van der Waals surface area contributed by atoms with E-state index in [0.717, 1.165) is 32.5 Å². The molecule has 0 spiro atoms. The standard InChI is InChI=1S/C18H27FN2O3/c1-12-17(23)18(24)16(22)11-21(12)10-13-5-4-8-20(9-13)15-7-3-2-6-14(15)19/h2-3,6-7,12-13,16-18,22-24H,4-5,8-11H2,1H3/t12-,13?,16+,17-,18-/m1/s1. The fourth-order valence-electron chi connectivity index (χ4n) is 3.96. The van der Waals surface area contributed by atoms with E-state index in [1.165, 1.54) is 6.07 Å². The first-order valence-corrected chi connectivity index (χ1v) is 8.75. The molecule has 1 aromatic carbocycles. The van der Waals surface area contributed by atoms with Gasteiger partial charge < -0.3 is 20.2 Å². The molecule has 3 rings (SSSR count). The van der Waals surface area contributed by atoms with Gasteiger partial charge in [0.15, 0.2) is 0 Å². The van der Waals surface area contributed by atoms with Crippen molar-refractivity contribution in [1.29, 1.82) is 0 Å². The molecule has 1 aromatic rings. The molecule has 134 valence electrons. The number of piperidine rings is 2. The van der Waals surface area contributed by atoms with Crippen LogP contribution >= 0.6 is 0 Å². The molecule has 0 radical (unpaired) electrons. The summed E-state index contributed by atoms with van der Waals surface area (Å²) in [7, 11) is 0. The minimum absolute atomic E-state index is 0.196. The molecule has 2 fully saturated rings. The Morgan fingerprint density at radius 2 is 1.88 bits per heavy atom. The zero-order valence-corrected chi connectivity index (χ0v) is 14.1. The SMILES string of the molecule is C[C@@H]1[C@@H](O)[C@H](O)[C@@H](O)CN1CC1CCCN(c2ccccc2F)C1. The van der Waals surface area contributed by atoms with Crippen molar-refractivity contribution < 1.29 is 19.7 Å². The first kappa shape index (κ1) is 17.6. The van der Waals surface area contributed by atoms with E-state index in [-0.39, 0.29) is 11.9 Å². The van der Waals surface area contributed by atoms with Gasteiger partial charge in [-0.15, -0.1) is 0 Å². The Hall–Kier alpha value is -1.21. The molecule has 0 amide bonds. The van der Waals surface area contributed by atoms with E-state index >= 15 is 0 Å². The number of rotatable bonds is 3. The van der Waals surface area contributed by atoms with Gasteiger partial charge in [-0.3, -0.25) is 4.90 Å². The number of aliphatic hydroxyl groups is 3. The van der Waals surface area contributed by atoms with Gasteiger partial charge in [0.1, 0.15) is 11.9 Å². The van der Waals surface area contributed by atoms with E-state index in [4.69, 9.17) is 0 Å². The van der Waals surface area contributed by atoms with Gasteiger partial charge in [-0.05, 0) is 37.8 Å². The molecule has 2 aliphatic heterocycles. The normalized spacial score (nSPS) is 35.2. The van der Waals surface area contributed by atoms with Gasteiger partial charge in [0, 0.05) is 32.2 Å². The summed E-state index contributed by atoms with van der Waals surface area (Å²) in [5, 5.41) is 29.8. The molecule has 6 heteroatoms. The van der Waals surface area contributed by atoms with Gasteiger partial charge in [-0.1, -0.05) is 12.1 Å². The first-order chi connectivity index (χ1) is 11.5. The Morgan fingerprint density at radius 1 is 1.12 bits per heavy atom. The van der Waals surface area contributed by atoms with Crippen molar-refractivity contribution in [3.8, 4) is 0 Å². The molecule has 3 N–H and O–H groups in total. The van der Waals surface area contributed by atoms with Crippen LogP contribution < -0.4 is 4.90 Å². The third-order valence-corrected chi connectivity index (χ3v) is 5.44. The maximum Gasteiger partial charge on any atom is 0.146 e. The van der Waals surface area contributed by atoms with Crippen LogP contribution in [-0.2, 0) is 0 Å². The second-order valence-corrected chi connectivity index (χ2v) is 7.15. The smallest absolute Gasteiger partial charge is 0.146 e. The molecule has 0 bridgehead atoms. The highest BCUT2D eigenvalue weighted by Gasteiger charge is 2.39. The summed E-state index contributed by atoms with van der Waals surface area (Å²) in [5.41, 5.74) is 0.643. The lowest BCUT2D eigenvalue weighted by Crippen LogP contribution is -2.61. The van der Waals surface area contributed by atoms with E-state index in [9.17, 15) is 19.7 Å². The van der Waals surface area contributed by atoms with Gasteiger partial charge >= 0.3 is 0 Å². The number of anilines is 1. The molecular weight excluding hydrogens is 311 g/mol. The summed E-state index contributed by atoms with van der Waals surface area (Å²) < 4.78 is 14.0. The van der Waals surface area contributed by atoms with Crippen molar-refractivity contribution >= 4 is 5.69 Å². The molecule has 0 saturated carbocycles. The zero-order valence-electron chi connectivity index (χ0n) is 14.1. The van der Waals surface area contributed by atoms with Gasteiger partial charge in [0.25, 0.3) is 0 Å². The number of likely N-dealkylation sites (tertiary alicyclic amines) is 1. The van der Waals surface area contributed by atoms with Crippen LogP contribution in [0, 0.1) is 11.7 Å². The maximum absolute atomic E-state index is 14.0. The van der Waals surface area contributed by atoms with E-state index in [1.807, 2.05) is 24.0 Å². The fraction of sp³-hybridized carbons (Fsp3) is 0.667. The highest BCUT2D eigenvalue weighted by Crippen LogP contribution is 2.27. The highest BCUT2D eigenvalue weighted by molar-refractivity contribution is 5.47. The van der Waals surface area contributed by atoms with Crippen LogP contribution in [0.4, 0.5) is 10.1 Å². The summed E-state index contributed by atoms with van der Waals surface area (Å²) in [6, 6.07) is 6.64. The number of aliphatic hydroxyl groups excluding tert-OH is 3. The summed E-state index contributed by atoms with van der Waals surface area (Å²) in [6.45, 7) is 4.57. The van der Waals surface area contributed by atoms with Crippen LogP contribution in [0.3, 0.4) is 0 Å². The summed E-state index contributed by atoms with van der Waals surface area (Å²) in [6.07, 6.45) is -0.919. The molecule has 0 aliphatic carbocycles. The molecule has 0 aromatic heterocycles. The zero-order chi connectivity index (χ0) is 17.3. The van der Waals surface area contributed by atoms with Crippen LogP contribution in [0.2, 0.25) is 0 Å². The Labute approximate surface area is 142 Å². The van der Waals surface area contributed by atoms with E-state index < -0.39 is 18.3 Å². The van der Waals surface area contributed by atoms with E-state index in [2.05, 4.69) is 4.90 Å². The summed E-state index contributed by atoms with van der Waals surface area (Å²) in [4.78, 5) is 4.12. The number of benzene rings is 1. The number of nitrogens with zero attached hydrogens (tertiary/aromatic N) is 2. The van der Waals surface area contributed by atoms with Crippen molar-refractivity contribution in [3.63, 3.8) is 0 Å². The second-order valence-electron chi connectivity index (χ2n) is 7.15. The third kappa shape index (κ3) is 3.57. The number of para-hydroxylation sites is 1. The van der Waals surface area contributed by atoms with Crippen molar-refractivity contribution in [3.05, 3.63) is 30.1 Å². The van der Waals surface area contributed by atoms with Crippen LogP contribution in [0.5, 0.6) is 0 Å². The minimum Gasteiger partial charge on any atom is -0.389 e. The van der Waals surface area contributed by atoms with Gasteiger partial charge in [0.05, 0.1) is 17.9 Å². The summed E-state index contributed by atoms with van der Waals surface area (Å²) in [5.74, 6) is 0.147. The fourth-order valence-corrected chi connectivity index (χ4v) is 3.96. The number of halogens is 1. The molecule has 2 saturated heterocycles. The highest BCUT2D eigenvalue weighted by atomic mass is 19.1. The molecule has 2 heterocycles. The van der Waals surface area contributed by atoms with Crippen LogP contribution in [0.1, 0.15) is 19.8 Å². The Bertz CT molecular complexity index is 559.